The number of benzene rings is 1. The first-order valence-electron chi connectivity index (χ1n) is 8.24. The van der Waals surface area contributed by atoms with Gasteiger partial charge in [0.05, 0.1) is 18.8 Å². The van der Waals surface area contributed by atoms with Gasteiger partial charge in [-0.15, -0.1) is 0 Å². The van der Waals surface area contributed by atoms with Crippen molar-refractivity contribution < 1.29 is 5.11 Å². The zero-order valence-electron chi connectivity index (χ0n) is 13.6. The fourth-order valence-corrected chi connectivity index (χ4v) is 3.48. The van der Waals surface area contributed by atoms with Gasteiger partial charge in [-0.05, 0) is 49.9 Å². The molecule has 0 amide bonds. The molecule has 4 nitrogen and oxygen atoms in total. The standard InChI is InChI=1S/C18H24ClN3O/c1-14-17(13-22(20-14)8-9-23)12-21-7-6-16(11-21)10-15-2-4-18(19)5-3-15/h2-5,13,16,23H,6-12H2,1H3. The van der Waals surface area contributed by atoms with Crippen molar-refractivity contribution in [2.45, 2.75) is 32.9 Å². The van der Waals surface area contributed by atoms with Crippen LogP contribution in [-0.4, -0.2) is 39.5 Å². The first-order valence-corrected chi connectivity index (χ1v) is 8.62. The fourth-order valence-electron chi connectivity index (χ4n) is 3.35. The van der Waals surface area contributed by atoms with Gasteiger partial charge in [-0.25, -0.2) is 0 Å². The van der Waals surface area contributed by atoms with Gasteiger partial charge in [-0.2, -0.15) is 5.10 Å². The molecule has 23 heavy (non-hydrogen) atoms. The van der Waals surface area contributed by atoms with E-state index in [1.807, 2.05) is 23.7 Å². The molecular weight excluding hydrogens is 310 g/mol. The van der Waals surface area contributed by atoms with E-state index in [4.69, 9.17) is 16.7 Å². The Morgan fingerprint density at radius 1 is 1.30 bits per heavy atom. The van der Waals surface area contributed by atoms with Crippen LogP contribution >= 0.6 is 11.6 Å². The number of likely N-dealkylation sites (tertiary alicyclic amines) is 1. The van der Waals surface area contributed by atoms with Crippen molar-refractivity contribution in [2.75, 3.05) is 19.7 Å². The summed E-state index contributed by atoms with van der Waals surface area (Å²) in [6.45, 7) is 5.97. The maximum absolute atomic E-state index is 9.02. The molecule has 1 aliphatic heterocycles. The average Bonchev–Trinajstić information content (AvgIpc) is 3.10. The number of aryl methyl sites for hydroxylation is 1. The zero-order chi connectivity index (χ0) is 16.2. The Morgan fingerprint density at radius 2 is 2.09 bits per heavy atom. The fraction of sp³-hybridized carbons (Fsp3) is 0.500. The number of hydrogen-bond acceptors (Lipinski definition) is 3. The van der Waals surface area contributed by atoms with Crippen LogP contribution in [0, 0.1) is 12.8 Å². The lowest BCUT2D eigenvalue weighted by molar-refractivity contribution is 0.269. The van der Waals surface area contributed by atoms with Crippen LogP contribution in [0.25, 0.3) is 0 Å². The number of rotatable bonds is 6. The highest BCUT2D eigenvalue weighted by atomic mass is 35.5. The first-order chi connectivity index (χ1) is 11.1. The summed E-state index contributed by atoms with van der Waals surface area (Å²) < 4.78 is 1.84. The van der Waals surface area contributed by atoms with Gasteiger partial charge in [-0.3, -0.25) is 9.58 Å². The van der Waals surface area contributed by atoms with E-state index in [0.717, 1.165) is 36.8 Å². The minimum absolute atomic E-state index is 0.132. The molecule has 0 aliphatic carbocycles. The van der Waals surface area contributed by atoms with Crippen molar-refractivity contribution in [1.29, 1.82) is 0 Å². The lowest BCUT2D eigenvalue weighted by Crippen LogP contribution is -2.20. The minimum atomic E-state index is 0.132. The SMILES string of the molecule is Cc1nn(CCO)cc1CN1CCC(Cc2ccc(Cl)cc2)C1. The summed E-state index contributed by atoms with van der Waals surface area (Å²) in [5.41, 5.74) is 3.71. The molecule has 0 spiro atoms. The second-order valence-electron chi connectivity index (χ2n) is 6.45. The highest BCUT2D eigenvalue weighted by Gasteiger charge is 2.23. The van der Waals surface area contributed by atoms with Crippen molar-refractivity contribution in [1.82, 2.24) is 14.7 Å². The Hall–Kier alpha value is -1.36. The monoisotopic (exact) mass is 333 g/mol. The van der Waals surface area contributed by atoms with Crippen LogP contribution in [0.4, 0.5) is 0 Å². The van der Waals surface area contributed by atoms with Crippen LogP contribution < -0.4 is 0 Å². The second kappa shape index (κ2) is 7.47. The molecule has 1 atom stereocenters. The Labute approximate surface area is 142 Å². The van der Waals surface area contributed by atoms with E-state index < -0.39 is 0 Å². The van der Waals surface area contributed by atoms with Crippen molar-refractivity contribution in [3.63, 3.8) is 0 Å². The van der Waals surface area contributed by atoms with E-state index in [9.17, 15) is 0 Å². The van der Waals surface area contributed by atoms with Gasteiger partial charge in [0, 0.05) is 29.9 Å². The van der Waals surface area contributed by atoms with E-state index in [1.54, 1.807) is 0 Å². The van der Waals surface area contributed by atoms with Crippen LogP contribution in [0.1, 0.15) is 23.2 Å². The molecule has 124 valence electrons. The van der Waals surface area contributed by atoms with Gasteiger partial charge in [-0.1, -0.05) is 23.7 Å². The summed E-state index contributed by atoms with van der Waals surface area (Å²) in [5, 5.41) is 14.3. The Kier molecular flexibility index (Phi) is 5.36. The normalized spacial score (nSPS) is 18.7. The van der Waals surface area contributed by atoms with Gasteiger partial charge in [0.1, 0.15) is 0 Å². The lowest BCUT2D eigenvalue weighted by Gasteiger charge is -2.15. The Balaban J connectivity index is 1.54. The smallest absolute Gasteiger partial charge is 0.0641 e. The summed E-state index contributed by atoms with van der Waals surface area (Å²) in [4.78, 5) is 2.51. The molecule has 1 aliphatic rings. The first kappa shape index (κ1) is 16.5. The van der Waals surface area contributed by atoms with Crippen LogP contribution in [0.3, 0.4) is 0 Å². The van der Waals surface area contributed by atoms with Gasteiger partial charge in [0.2, 0.25) is 0 Å². The zero-order valence-corrected chi connectivity index (χ0v) is 14.3. The predicted molar refractivity (Wildman–Crippen MR) is 92.6 cm³/mol. The van der Waals surface area contributed by atoms with E-state index in [2.05, 4.69) is 28.3 Å². The van der Waals surface area contributed by atoms with E-state index in [0.29, 0.717) is 12.5 Å². The van der Waals surface area contributed by atoms with E-state index >= 15 is 0 Å². The van der Waals surface area contributed by atoms with Gasteiger partial charge < -0.3 is 5.11 Å². The molecule has 5 heteroatoms. The molecule has 0 saturated carbocycles. The van der Waals surface area contributed by atoms with Crippen molar-refractivity contribution >= 4 is 11.6 Å². The molecule has 2 aromatic rings. The summed E-state index contributed by atoms with van der Waals surface area (Å²) in [7, 11) is 0. The number of aromatic nitrogens is 2. The Bertz CT molecular complexity index is 638. The molecule has 1 unspecified atom stereocenters. The number of aliphatic hydroxyl groups excluding tert-OH is 1. The van der Waals surface area contributed by atoms with Gasteiger partial charge in [0.15, 0.2) is 0 Å². The Morgan fingerprint density at radius 3 is 2.83 bits per heavy atom. The van der Waals surface area contributed by atoms with Gasteiger partial charge in [0.25, 0.3) is 0 Å². The number of halogens is 1. The number of aliphatic hydroxyl groups is 1. The van der Waals surface area contributed by atoms with Crippen molar-refractivity contribution in [2.24, 2.45) is 5.92 Å². The molecule has 2 heterocycles. The molecule has 1 saturated heterocycles. The number of nitrogens with zero attached hydrogens (tertiary/aromatic N) is 3. The van der Waals surface area contributed by atoms with Crippen LogP contribution in [0.15, 0.2) is 30.5 Å². The minimum Gasteiger partial charge on any atom is -0.394 e. The maximum Gasteiger partial charge on any atom is 0.0641 e. The topological polar surface area (TPSA) is 41.3 Å². The molecule has 1 aromatic heterocycles. The van der Waals surface area contributed by atoms with Crippen LogP contribution in [-0.2, 0) is 19.5 Å². The van der Waals surface area contributed by atoms with E-state index in [-0.39, 0.29) is 6.61 Å². The molecular formula is C18H24ClN3O. The summed E-state index contributed by atoms with van der Waals surface area (Å²) in [5.74, 6) is 0.712. The molecule has 1 fully saturated rings. The van der Waals surface area contributed by atoms with Crippen LogP contribution in [0.2, 0.25) is 5.02 Å². The third-order valence-corrected chi connectivity index (χ3v) is 4.83. The maximum atomic E-state index is 9.02. The third-order valence-electron chi connectivity index (χ3n) is 4.58. The lowest BCUT2D eigenvalue weighted by atomic mass is 9.99. The average molecular weight is 334 g/mol. The highest BCUT2D eigenvalue weighted by Crippen LogP contribution is 2.23. The molecule has 1 N–H and O–H groups in total. The van der Waals surface area contributed by atoms with Crippen LogP contribution in [0.5, 0.6) is 0 Å². The molecule has 0 bridgehead atoms. The second-order valence-corrected chi connectivity index (χ2v) is 6.88. The summed E-state index contributed by atoms with van der Waals surface area (Å²) in [6, 6.07) is 8.22. The predicted octanol–water partition coefficient (Wildman–Crippen LogP) is 2.90. The molecule has 3 rings (SSSR count). The third kappa shape index (κ3) is 4.34. The largest absolute Gasteiger partial charge is 0.394 e. The van der Waals surface area contributed by atoms with E-state index in [1.165, 1.54) is 17.5 Å². The summed E-state index contributed by atoms with van der Waals surface area (Å²) >= 11 is 5.95. The summed E-state index contributed by atoms with van der Waals surface area (Å²) in [6.07, 6.45) is 4.43. The van der Waals surface area contributed by atoms with Crippen molar-refractivity contribution in [3.8, 4) is 0 Å². The van der Waals surface area contributed by atoms with Crippen molar-refractivity contribution in [3.05, 3.63) is 52.3 Å². The highest BCUT2D eigenvalue weighted by molar-refractivity contribution is 6.30. The molecule has 1 aromatic carbocycles. The quantitative estimate of drug-likeness (QED) is 0.883. The molecule has 0 radical (unpaired) electrons. The van der Waals surface area contributed by atoms with Gasteiger partial charge >= 0.3 is 0 Å². The number of hydrogen-bond donors (Lipinski definition) is 1.